The van der Waals surface area contributed by atoms with Crippen molar-refractivity contribution in [2.24, 2.45) is 0 Å². The van der Waals surface area contributed by atoms with Crippen LogP contribution in [0.2, 0.25) is 0 Å². The summed E-state index contributed by atoms with van der Waals surface area (Å²) in [6.07, 6.45) is -4.26. The van der Waals surface area contributed by atoms with Gasteiger partial charge in [-0.25, -0.2) is 0 Å². The lowest BCUT2D eigenvalue weighted by Gasteiger charge is -2.39. The third-order valence-electron chi connectivity index (χ3n) is 2.87. The first-order valence-corrected chi connectivity index (χ1v) is 7.56. The maximum absolute atomic E-state index is 12.2. The molecule has 0 radical (unpaired) electrons. The third-order valence-corrected chi connectivity index (χ3v) is 3.86. The van der Waals surface area contributed by atoms with Gasteiger partial charge in [-0.2, -0.15) is 13.2 Å². The van der Waals surface area contributed by atoms with Gasteiger partial charge in [0.25, 0.3) is 0 Å². The number of amides is 1. The number of nitrogens with zero attached hydrogens (tertiary/aromatic N) is 1. The predicted octanol–water partition coefficient (Wildman–Crippen LogP) is 3.49. The first-order valence-electron chi connectivity index (χ1n) is 6.41. The second kappa shape index (κ2) is 5.79. The van der Waals surface area contributed by atoms with Crippen LogP contribution in [0, 0.1) is 0 Å². The summed E-state index contributed by atoms with van der Waals surface area (Å²) in [7, 11) is 0. The number of thioether (sulfide) groups is 1. The number of rotatable bonds is 3. The number of para-hydroxylation sites is 2. The van der Waals surface area contributed by atoms with Crippen molar-refractivity contribution in [1.29, 1.82) is 0 Å². The number of alkyl halides is 3. The normalized spacial score (nSPS) is 17.1. The number of benzene rings is 1. The Morgan fingerprint density at radius 1 is 1.38 bits per heavy atom. The van der Waals surface area contributed by atoms with Crippen LogP contribution in [0.1, 0.15) is 13.8 Å². The standard InChI is InChI=1S/C14H16F3NO2S/c1-13(2)8-18(10-5-3-4-6-11(10)20-13)12(19)7-21-9-14(15,16)17/h3-6H,7-9H2,1-2H3. The van der Waals surface area contributed by atoms with Gasteiger partial charge in [0.1, 0.15) is 11.4 Å². The highest BCUT2D eigenvalue weighted by Gasteiger charge is 2.35. The highest BCUT2D eigenvalue weighted by Crippen LogP contribution is 2.37. The van der Waals surface area contributed by atoms with E-state index in [9.17, 15) is 18.0 Å². The van der Waals surface area contributed by atoms with Gasteiger partial charge in [-0.05, 0) is 26.0 Å². The zero-order valence-corrected chi connectivity index (χ0v) is 12.6. The number of fused-ring (bicyclic) bond motifs is 1. The summed E-state index contributed by atoms with van der Waals surface area (Å²) in [5.41, 5.74) is 0.0352. The average molecular weight is 319 g/mol. The van der Waals surface area contributed by atoms with E-state index in [1.54, 1.807) is 24.3 Å². The summed E-state index contributed by atoms with van der Waals surface area (Å²) >= 11 is 0.580. The molecule has 1 aromatic rings. The minimum Gasteiger partial charge on any atom is -0.484 e. The van der Waals surface area contributed by atoms with Crippen molar-refractivity contribution in [3.63, 3.8) is 0 Å². The van der Waals surface area contributed by atoms with Crippen molar-refractivity contribution in [2.75, 3.05) is 23.0 Å². The summed E-state index contributed by atoms with van der Waals surface area (Å²) in [5, 5.41) is 0. The van der Waals surface area contributed by atoms with Crippen molar-refractivity contribution in [2.45, 2.75) is 25.6 Å². The quantitative estimate of drug-likeness (QED) is 0.854. The van der Waals surface area contributed by atoms with E-state index in [0.29, 0.717) is 29.7 Å². The first kappa shape index (κ1) is 16.0. The van der Waals surface area contributed by atoms with E-state index in [1.807, 2.05) is 13.8 Å². The molecule has 0 N–H and O–H groups in total. The first-order chi connectivity index (χ1) is 9.68. The molecule has 7 heteroatoms. The lowest BCUT2D eigenvalue weighted by atomic mass is 10.1. The largest absolute Gasteiger partial charge is 0.484 e. The predicted molar refractivity (Wildman–Crippen MR) is 76.9 cm³/mol. The van der Waals surface area contributed by atoms with Gasteiger partial charge in [-0.1, -0.05) is 12.1 Å². The highest BCUT2D eigenvalue weighted by atomic mass is 32.2. The molecular weight excluding hydrogens is 303 g/mol. The highest BCUT2D eigenvalue weighted by molar-refractivity contribution is 8.00. The number of carbonyl (C=O) groups is 1. The fourth-order valence-corrected chi connectivity index (χ4v) is 2.78. The maximum atomic E-state index is 12.2. The van der Waals surface area contributed by atoms with Crippen LogP contribution in [0.15, 0.2) is 24.3 Å². The Balaban J connectivity index is 2.10. The van der Waals surface area contributed by atoms with Crippen LogP contribution in [-0.2, 0) is 4.79 Å². The molecule has 1 amide bonds. The minimum atomic E-state index is -4.26. The van der Waals surface area contributed by atoms with E-state index < -0.39 is 17.5 Å². The number of carbonyl (C=O) groups excluding carboxylic acids is 1. The van der Waals surface area contributed by atoms with Gasteiger partial charge in [0, 0.05) is 0 Å². The van der Waals surface area contributed by atoms with Crippen LogP contribution < -0.4 is 9.64 Å². The van der Waals surface area contributed by atoms with Gasteiger partial charge >= 0.3 is 6.18 Å². The number of hydrogen-bond donors (Lipinski definition) is 0. The van der Waals surface area contributed by atoms with Crippen LogP contribution in [0.4, 0.5) is 18.9 Å². The average Bonchev–Trinajstić information content (AvgIpc) is 2.35. The van der Waals surface area contributed by atoms with E-state index >= 15 is 0 Å². The Labute approximate surface area is 125 Å². The summed E-state index contributed by atoms with van der Waals surface area (Å²) in [4.78, 5) is 13.7. The zero-order valence-electron chi connectivity index (χ0n) is 11.7. The summed E-state index contributed by atoms with van der Waals surface area (Å²) in [5.74, 6) is -0.992. The molecule has 2 rings (SSSR count). The van der Waals surface area contributed by atoms with Gasteiger partial charge in [0.2, 0.25) is 5.91 Å². The molecule has 1 aliphatic heterocycles. The molecule has 0 saturated heterocycles. The van der Waals surface area contributed by atoms with Crippen molar-refractivity contribution in [3.05, 3.63) is 24.3 Å². The van der Waals surface area contributed by atoms with Gasteiger partial charge in [-0.3, -0.25) is 4.79 Å². The van der Waals surface area contributed by atoms with Crippen molar-refractivity contribution in [3.8, 4) is 5.75 Å². The molecule has 0 saturated carbocycles. The SMILES string of the molecule is CC1(C)CN(C(=O)CSCC(F)(F)F)c2ccccc2O1. The Morgan fingerprint density at radius 2 is 2.05 bits per heavy atom. The van der Waals surface area contributed by atoms with Crippen LogP contribution in [0.3, 0.4) is 0 Å². The van der Waals surface area contributed by atoms with E-state index in [-0.39, 0.29) is 11.7 Å². The van der Waals surface area contributed by atoms with Crippen molar-refractivity contribution in [1.82, 2.24) is 0 Å². The molecule has 0 bridgehead atoms. The number of hydrogen-bond acceptors (Lipinski definition) is 3. The van der Waals surface area contributed by atoms with Crippen molar-refractivity contribution < 1.29 is 22.7 Å². The molecule has 3 nitrogen and oxygen atoms in total. The fourth-order valence-electron chi connectivity index (χ4n) is 2.12. The van der Waals surface area contributed by atoms with E-state index in [1.165, 1.54) is 4.90 Å². The molecule has 116 valence electrons. The van der Waals surface area contributed by atoms with Gasteiger partial charge in [-0.15, -0.1) is 11.8 Å². The summed E-state index contributed by atoms with van der Waals surface area (Å²) < 4.78 is 42.2. The summed E-state index contributed by atoms with van der Waals surface area (Å²) in [6, 6.07) is 7.04. The van der Waals surface area contributed by atoms with E-state index in [2.05, 4.69) is 0 Å². The van der Waals surface area contributed by atoms with Crippen molar-refractivity contribution >= 4 is 23.4 Å². The Kier molecular flexibility index (Phi) is 4.41. The van der Waals surface area contributed by atoms with Crippen LogP contribution in [0.5, 0.6) is 5.75 Å². The molecule has 0 unspecified atom stereocenters. The van der Waals surface area contributed by atoms with Gasteiger partial charge < -0.3 is 9.64 Å². The van der Waals surface area contributed by atoms with Crippen LogP contribution in [-0.4, -0.2) is 35.7 Å². The molecule has 21 heavy (non-hydrogen) atoms. The smallest absolute Gasteiger partial charge is 0.397 e. The molecule has 0 aliphatic carbocycles. The second-order valence-electron chi connectivity index (χ2n) is 5.42. The third kappa shape index (κ3) is 4.30. The lowest BCUT2D eigenvalue weighted by molar-refractivity contribution is -0.117. The topological polar surface area (TPSA) is 29.5 Å². The molecule has 1 aliphatic rings. The fraction of sp³-hybridized carbons (Fsp3) is 0.500. The van der Waals surface area contributed by atoms with E-state index in [0.717, 1.165) is 0 Å². The second-order valence-corrected chi connectivity index (χ2v) is 6.40. The molecule has 0 aromatic heterocycles. The monoisotopic (exact) mass is 319 g/mol. The number of anilines is 1. The van der Waals surface area contributed by atoms with Crippen LogP contribution in [0.25, 0.3) is 0 Å². The number of ether oxygens (including phenoxy) is 1. The molecule has 1 heterocycles. The molecular formula is C14H16F3NO2S. The number of halogens is 3. The molecule has 1 aromatic carbocycles. The Bertz CT molecular complexity index is 531. The maximum Gasteiger partial charge on any atom is 0.397 e. The Hall–Kier alpha value is -1.37. The molecule has 0 spiro atoms. The molecule has 0 fully saturated rings. The van der Waals surface area contributed by atoms with Gasteiger partial charge in [0.05, 0.1) is 23.7 Å². The lowest BCUT2D eigenvalue weighted by Crippen LogP contribution is -2.50. The molecule has 0 atom stereocenters. The van der Waals surface area contributed by atoms with E-state index in [4.69, 9.17) is 4.74 Å². The zero-order chi connectivity index (χ0) is 15.7. The van der Waals surface area contributed by atoms with Crippen LogP contribution >= 0.6 is 11.8 Å². The summed E-state index contributed by atoms with van der Waals surface area (Å²) in [6.45, 7) is 3.99. The van der Waals surface area contributed by atoms with Gasteiger partial charge in [0.15, 0.2) is 0 Å². The Morgan fingerprint density at radius 3 is 2.71 bits per heavy atom. The minimum absolute atomic E-state index is 0.204.